The van der Waals surface area contributed by atoms with Crippen LogP contribution in [-0.4, -0.2) is 28.9 Å². The van der Waals surface area contributed by atoms with E-state index in [4.69, 9.17) is 4.98 Å². The van der Waals surface area contributed by atoms with Gasteiger partial charge >= 0.3 is 0 Å². The van der Waals surface area contributed by atoms with Gasteiger partial charge in [-0.2, -0.15) is 0 Å². The number of amides is 1. The van der Waals surface area contributed by atoms with E-state index in [1.807, 2.05) is 18.2 Å². The number of anilines is 2. The first-order valence-electron chi connectivity index (χ1n) is 9.53. The molecule has 0 radical (unpaired) electrons. The molecule has 1 amide bonds. The Morgan fingerprint density at radius 3 is 2.62 bits per heavy atom. The van der Waals surface area contributed by atoms with Crippen molar-refractivity contribution in [3.63, 3.8) is 0 Å². The molecule has 3 rings (SSSR count). The largest absolute Gasteiger partial charge is 0.297 e. The summed E-state index contributed by atoms with van der Waals surface area (Å²) in [6, 6.07) is 8.09. The van der Waals surface area contributed by atoms with Gasteiger partial charge in [-0.15, -0.1) is 11.3 Å². The molecule has 0 bridgehead atoms. The van der Waals surface area contributed by atoms with E-state index in [-0.39, 0.29) is 5.91 Å². The minimum absolute atomic E-state index is 0.00650. The molecule has 2 aromatic rings. The quantitative estimate of drug-likeness (QED) is 0.752. The van der Waals surface area contributed by atoms with Gasteiger partial charge in [-0.25, -0.2) is 4.98 Å². The lowest BCUT2D eigenvalue weighted by Crippen LogP contribution is -2.38. The fraction of sp³-hybridized carbons (Fsp3) is 0.524. The minimum atomic E-state index is 0.00650. The summed E-state index contributed by atoms with van der Waals surface area (Å²) < 4.78 is 0. The normalized spacial score (nSPS) is 20.9. The number of likely N-dealkylation sites (tertiary alicyclic amines) is 1. The number of para-hydroxylation sites is 1. The van der Waals surface area contributed by atoms with Crippen molar-refractivity contribution in [3.05, 3.63) is 40.9 Å². The van der Waals surface area contributed by atoms with Crippen molar-refractivity contribution in [1.29, 1.82) is 0 Å². The van der Waals surface area contributed by atoms with Crippen LogP contribution in [0.4, 0.5) is 10.8 Å². The number of nitrogens with zero attached hydrogens (tertiary/aromatic N) is 3. The fourth-order valence-electron chi connectivity index (χ4n) is 4.06. The van der Waals surface area contributed by atoms with Crippen molar-refractivity contribution < 1.29 is 4.79 Å². The number of hydrogen-bond acceptors (Lipinski definition) is 4. The van der Waals surface area contributed by atoms with E-state index in [1.54, 1.807) is 23.2 Å². The predicted octanol–water partition coefficient (Wildman–Crippen LogP) is 4.87. The van der Waals surface area contributed by atoms with E-state index < -0.39 is 0 Å². The van der Waals surface area contributed by atoms with E-state index in [0.29, 0.717) is 0 Å². The highest BCUT2D eigenvalue weighted by molar-refractivity contribution is 7.14. The number of piperidine rings is 1. The van der Waals surface area contributed by atoms with Gasteiger partial charge in [-0.3, -0.25) is 14.6 Å². The molecule has 140 valence electrons. The molecule has 4 nitrogen and oxygen atoms in total. The van der Waals surface area contributed by atoms with Crippen LogP contribution < -0.4 is 4.90 Å². The zero-order valence-corrected chi connectivity index (χ0v) is 17.1. The Labute approximate surface area is 160 Å². The highest BCUT2D eigenvalue weighted by atomic mass is 32.1. The van der Waals surface area contributed by atoms with Crippen LogP contribution in [-0.2, 0) is 17.8 Å². The predicted molar refractivity (Wildman–Crippen MR) is 109 cm³/mol. The number of thiazole rings is 1. The third kappa shape index (κ3) is 4.33. The van der Waals surface area contributed by atoms with Gasteiger partial charge in [0.15, 0.2) is 5.13 Å². The SMILES string of the molecule is CCc1ccccc1N(C(C)=O)c1nc(CN2CC(C)CC(C)C2)cs1. The van der Waals surface area contributed by atoms with Crippen molar-refractivity contribution in [1.82, 2.24) is 9.88 Å². The Balaban J connectivity index is 1.81. The lowest BCUT2D eigenvalue weighted by atomic mass is 9.92. The van der Waals surface area contributed by atoms with Crippen LogP contribution in [0.2, 0.25) is 0 Å². The highest BCUT2D eigenvalue weighted by Gasteiger charge is 2.24. The Morgan fingerprint density at radius 1 is 1.27 bits per heavy atom. The maximum atomic E-state index is 12.4. The Hall–Kier alpha value is -1.72. The molecule has 26 heavy (non-hydrogen) atoms. The molecule has 1 aliphatic rings. The third-order valence-corrected chi connectivity index (χ3v) is 5.86. The number of carbonyl (C=O) groups excluding carboxylic acids is 1. The lowest BCUT2D eigenvalue weighted by molar-refractivity contribution is -0.115. The summed E-state index contributed by atoms with van der Waals surface area (Å²) in [6.07, 6.45) is 2.20. The molecule has 0 N–H and O–H groups in total. The molecule has 2 atom stereocenters. The summed E-state index contributed by atoms with van der Waals surface area (Å²) in [5, 5.41) is 2.87. The molecule has 1 aromatic carbocycles. The van der Waals surface area contributed by atoms with Crippen molar-refractivity contribution in [2.45, 2.75) is 47.1 Å². The molecule has 1 saturated heterocycles. The van der Waals surface area contributed by atoms with Gasteiger partial charge in [0.05, 0.1) is 11.4 Å². The summed E-state index contributed by atoms with van der Waals surface area (Å²) >= 11 is 1.56. The second kappa shape index (κ2) is 8.31. The van der Waals surface area contributed by atoms with Crippen molar-refractivity contribution in [2.75, 3.05) is 18.0 Å². The molecule has 2 heterocycles. The van der Waals surface area contributed by atoms with Crippen LogP contribution in [0.15, 0.2) is 29.6 Å². The number of benzene rings is 1. The maximum absolute atomic E-state index is 12.4. The average Bonchev–Trinajstić information content (AvgIpc) is 3.02. The van der Waals surface area contributed by atoms with Crippen LogP contribution >= 0.6 is 11.3 Å². The van der Waals surface area contributed by atoms with Crippen LogP contribution in [0.5, 0.6) is 0 Å². The van der Waals surface area contributed by atoms with Gasteiger partial charge in [0, 0.05) is 31.9 Å². The molecule has 2 unspecified atom stereocenters. The monoisotopic (exact) mass is 371 g/mol. The van der Waals surface area contributed by atoms with E-state index in [9.17, 15) is 4.79 Å². The number of aryl methyl sites for hydroxylation is 1. The molecular formula is C21H29N3OS. The summed E-state index contributed by atoms with van der Waals surface area (Å²) in [5.74, 6) is 1.48. The van der Waals surface area contributed by atoms with E-state index in [0.717, 1.165) is 60.0 Å². The van der Waals surface area contributed by atoms with Crippen LogP contribution in [0, 0.1) is 11.8 Å². The van der Waals surface area contributed by atoms with Gasteiger partial charge in [-0.05, 0) is 36.3 Å². The molecule has 1 fully saturated rings. The number of rotatable bonds is 5. The van der Waals surface area contributed by atoms with Gasteiger partial charge in [0.25, 0.3) is 0 Å². The fourth-order valence-corrected chi connectivity index (χ4v) is 4.93. The summed E-state index contributed by atoms with van der Waals surface area (Å²) in [4.78, 5) is 21.4. The Kier molecular flexibility index (Phi) is 6.09. The molecule has 1 aromatic heterocycles. The van der Waals surface area contributed by atoms with Crippen LogP contribution in [0.25, 0.3) is 0 Å². The van der Waals surface area contributed by atoms with Crippen LogP contribution in [0.1, 0.15) is 45.4 Å². The average molecular weight is 372 g/mol. The zero-order valence-electron chi connectivity index (χ0n) is 16.2. The Morgan fingerprint density at radius 2 is 1.96 bits per heavy atom. The van der Waals surface area contributed by atoms with Crippen LogP contribution in [0.3, 0.4) is 0 Å². The smallest absolute Gasteiger partial charge is 0.230 e. The number of hydrogen-bond donors (Lipinski definition) is 0. The van der Waals surface area contributed by atoms with Crippen molar-refractivity contribution in [3.8, 4) is 0 Å². The zero-order chi connectivity index (χ0) is 18.7. The number of aromatic nitrogens is 1. The van der Waals surface area contributed by atoms with Gasteiger partial charge in [0.2, 0.25) is 5.91 Å². The van der Waals surface area contributed by atoms with Gasteiger partial charge < -0.3 is 0 Å². The van der Waals surface area contributed by atoms with Gasteiger partial charge in [-0.1, -0.05) is 39.0 Å². The van der Waals surface area contributed by atoms with E-state index in [1.165, 1.54) is 6.42 Å². The second-order valence-corrected chi connectivity index (χ2v) is 8.43. The highest BCUT2D eigenvalue weighted by Crippen LogP contribution is 2.32. The van der Waals surface area contributed by atoms with Gasteiger partial charge in [0.1, 0.15) is 0 Å². The molecule has 0 saturated carbocycles. The van der Waals surface area contributed by atoms with Crippen molar-refractivity contribution >= 4 is 28.1 Å². The molecular weight excluding hydrogens is 342 g/mol. The van der Waals surface area contributed by atoms with E-state index >= 15 is 0 Å². The summed E-state index contributed by atoms with van der Waals surface area (Å²) in [7, 11) is 0. The molecule has 0 aliphatic carbocycles. The lowest BCUT2D eigenvalue weighted by Gasteiger charge is -2.34. The van der Waals surface area contributed by atoms with Crippen molar-refractivity contribution in [2.24, 2.45) is 11.8 Å². The summed E-state index contributed by atoms with van der Waals surface area (Å²) in [5.41, 5.74) is 3.17. The number of carbonyl (C=O) groups is 1. The first-order valence-corrected chi connectivity index (χ1v) is 10.4. The molecule has 5 heteroatoms. The topological polar surface area (TPSA) is 36.4 Å². The third-order valence-electron chi connectivity index (χ3n) is 4.99. The van der Waals surface area contributed by atoms with E-state index in [2.05, 4.69) is 37.1 Å². The molecule has 1 aliphatic heterocycles. The maximum Gasteiger partial charge on any atom is 0.230 e. The Bertz CT molecular complexity index is 747. The second-order valence-electron chi connectivity index (χ2n) is 7.60. The first kappa shape index (κ1) is 19.1. The summed E-state index contributed by atoms with van der Waals surface area (Å²) in [6.45, 7) is 11.5. The standard InChI is InChI=1S/C21H29N3OS/c1-5-18-8-6-7-9-20(18)24(17(4)25)21-22-19(14-26-21)13-23-11-15(2)10-16(3)12-23/h6-9,14-16H,5,10-13H2,1-4H3. The minimum Gasteiger partial charge on any atom is -0.297 e. The first-order chi connectivity index (χ1) is 12.5. The molecule has 0 spiro atoms.